The van der Waals surface area contributed by atoms with Crippen molar-refractivity contribution in [2.24, 2.45) is 0 Å². The highest BCUT2D eigenvalue weighted by molar-refractivity contribution is 7.14. The molecular formula is C20H17N5O5S. The minimum Gasteiger partial charge on any atom is -0.366 e. The molecule has 1 saturated heterocycles. The highest BCUT2D eigenvalue weighted by Gasteiger charge is 2.24. The number of benzene rings is 2. The second kappa shape index (κ2) is 8.48. The molecule has 11 heteroatoms. The molecule has 1 fully saturated rings. The maximum Gasteiger partial charge on any atom is 0.293 e. The van der Waals surface area contributed by atoms with E-state index in [0.717, 1.165) is 37.3 Å². The highest BCUT2D eigenvalue weighted by atomic mass is 32.1. The summed E-state index contributed by atoms with van der Waals surface area (Å²) in [5.41, 5.74) is 1.55. The van der Waals surface area contributed by atoms with Crippen LogP contribution in [-0.2, 0) is 0 Å². The lowest BCUT2D eigenvalue weighted by Crippen LogP contribution is -2.19. The third-order valence-electron chi connectivity index (χ3n) is 4.96. The average Bonchev–Trinajstić information content (AvgIpc) is 3.46. The summed E-state index contributed by atoms with van der Waals surface area (Å²) in [5, 5.41) is 27.1. The van der Waals surface area contributed by atoms with Crippen molar-refractivity contribution in [2.45, 2.75) is 12.8 Å². The van der Waals surface area contributed by atoms with Crippen molar-refractivity contribution in [1.82, 2.24) is 4.98 Å². The molecule has 0 radical (unpaired) electrons. The summed E-state index contributed by atoms with van der Waals surface area (Å²) in [6.45, 7) is 1.51. The normalized spacial score (nSPS) is 13.2. The summed E-state index contributed by atoms with van der Waals surface area (Å²) < 4.78 is 0. The Bertz CT molecular complexity index is 1170. The van der Waals surface area contributed by atoms with Gasteiger partial charge in [0, 0.05) is 47.8 Å². The largest absolute Gasteiger partial charge is 0.366 e. The standard InChI is InChI=1S/C20H17N5O5S/c26-19(14-6-7-17(18(11-14)25(29)30)23-8-1-2-9-23)22-20-21-16(12-31-20)13-4-3-5-15(10-13)24(27)28/h3-7,10-12H,1-2,8-9H2,(H,21,22,26). The van der Waals surface area contributed by atoms with E-state index in [9.17, 15) is 25.0 Å². The average molecular weight is 439 g/mol. The molecule has 158 valence electrons. The fourth-order valence-corrected chi connectivity index (χ4v) is 4.16. The number of anilines is 2. The topological polar surface area (TPSA) is 132 Å². The van der Waals surface area contributed by atoms with Crippen LogP contribution in [0.2, 0.25) is 0 Å². The van der Waals surface area contributed by atoms with E-state index >= 15 is 0 Å². The van der Waals surface area contributed by atoms with Gasteiger partial charge in [0.05, 0.1) is 15.5 Å². The molecule has 0 saturated carbocycles. The highest BCUT2D eigenvalue weighted by Crippen LogP contribution is 2.32. The van der Waals surface area contributed by atoms with Gasteiger partial charge in [-0.2, -0.15) is 0 Å². The van der Waals surface area contributed by atoms with Gasteiger partial charge in [0.25, 0.3) is 17.3 Å². The van der Waals surface area contributed by atoms with Crippen molar-refractivity contribution >= 4 is 39.4 Å². The van der Waals surface area contributed by atoms with Gasteiger partial charge in [-0.05, 0) is 25.0 Å². The van der Waals surface area contributed by atoms with Crippen LogP contribution in [-0.4, -0.2) is 33.8 Å². The molecule has 1 aromatic heterocycles. The summed E-state index contributed by atoms with van der Waals surface area (Å²) in [6.07, 6.45) is 1.96. The minimum atomic E-state index is -0.518. The Labute approximate surface area is 180 Å². The first-order valence-corrected chi connectivity index (χ1v) is 10.4. The van der Waals surface area contributed by atoms with Crippen LogP contribution >= 0.6 is 11.3 Å². The fraction of sp³-hybridized carbons (Fsp3) is 0.200. The van der Waals surface area contributed by atoms with Crippen LogP contribution in [0.15, 0.2) is 47.8 Å². The van der Waals surface area contributed by atoms with E-state index in [-0.39, 0.29) is 22.1 Å². The number of rotatable bonds is 6. The first-order valence-electron chi connectivity index (χ1n) is 9.47. The number of carbonyl (C=O) groups is 1. The van der Waals surface area contributed by atoms with Crippen molar-refractivity contribution in [3.63, 3.8) is 0 Å². The van der Waals surface area contributed by atoms with E-state index in [1.54, 1.807) is 29.6 Å². The molecule has 1 amide bonds. The molecule has 3 aromatic rings. The van der Waals surface area contributed by atoms with Crippen molar-refractivity contribution in [1.29, 1.82) is 0 Å². The second-order valence-corrected chi connectivity index (χ2v) is 7.81. The van der Waals surface area contributed by atoms with Gasteiger partial charge in [0.1, 0.15) is 5.69 Å². The quantitative estimate of drug-likeness (QED) is 0.442. The van der Waals surface area contributed by atoms with Crippen LogP contribution in [0.5, 0.6) is 0 Å². The van der Waals surface area contributed by atoms with Crippen molar-refractivity contribution in [3.8, 4) is 11.3 Å². The molecule has 31 heavy (non-hydrogen) atoms. The van der Waals surface area contributed by atoms with Crippen molar-refractivity contribution in [2.75, 3.05) is 23.3 Å². The molecule has 0 spiro atoms. The van der Waals surface area contributed by atoms with E-state index in [1.165, 1.54) is 18.2 Å². The SMILES string of the molecule is O=C(Nc1nc(-c2cccc([N+](=O)[O-])c2)cs1)c1ccc(N2CCCC2)c([N+](=O)[O-])c1. The molecule has 2 aromatic carbocycles. The molecule has 2 heterocycles. The molecule has 0 atom stereocenters. The Balaban J connectivity index is 1.54. The number of hydrogen-bond donors (Lipinski definition) is 1. The van der Waals surface area contributed by atoms with Gasteiger partial charge in [-0.25, -0.2) is 4.98 Å². The third kappa shape index (κ3) is 4.36. The lowest BCUT2D eigenvalue weighted by Gasteiger charge is -2.17. The Morgan fingerprint density at radius 1 is 1.06 bits per heavy atom. The molecular weight excluding hydrogens is 422 g/mol. The molecule has 4 rings (SSSR count). The zero-order valence-electron chi connectivity index (χ0n) is 16.2. The van der Waals surface area contributed by atoms with Gasteiger partial charge >= 0.3 is 0 Å². The smallest absolute Gasteiger partial charge is 0.293 e. The van der Waals surface area contributed by atoms with Crippen LogP contribution in [0.1, 0.15) is 23.2 Å². The van der Waals surface area contributed by atoms with Gasteiger partial charge in [0.2, 0.25) is 0 Å². The third-order valence-corrected chi connectivity index (χ3v) is 5.72. The predicted molar refractivity (Wildman–Crippen MR) is 117 cm³/mol. The number of carbonyl (C=O) groups excluding carboxylic acids is 1. The zero-order valence-corrected chi connectivity index (χ0v) is 17.0. The maximum atomic E-state index is 12.6. The first kappa shape index (κ1) is 20.4. The monoisotopic (exact) mass is 439 g/mol. The first-order chi connectivity index (χ1) is 14.9. The lowest BCUT2D eigenvalue weighted by atomic mass is 10.1. The maximum absolute atomic E-state index is 12.6. The van der Waals surface area contributed by atoms with Gasteiger partial charge < -0.3 is 4.90 Å². The van der Waals surface area contributed by atoms with Gasteiger partial charge in [-0.15, -0.1) is 11.3 Å². The van der Waals surface area contributed by atoms with Crippen LogP contribution in [0, 0.1) is 20.2 Å². The van der Waals surface area contributed by atoms with Crippen LogP contribution < -0.4 is 10.2 Å². The Kier molecular flexibility index (Phi) is 5.58. The number of non-ortho nitro benzene ring substituents is 1. The molecule has 0 bridgehead atoms. The molecule has 0 aliphatic carbocycles. The summed E-state index contributed by atoms with van der Waals surface area (Å²) in [7, 11) is 0. The zero-order chi connectivity index (χ0) is 22.0. The summed E-state index contributed by atoms with van der Waals surface area (Å²) >= 11 is 1.16. The van der Waals surface area contributed by atoms with Gasteiger partial charge in [0.15, 0.2) is 5.13 Å². The molecule has 0 unspecified atom stereocenters. The van der Waals surface area contributed by atoms with E-state index in [4.69, 9.17) is 0 Å². The van der Waals surface area contributed by atoms with Crippen LogP contribution in [0.25, 0.3) is 11.3 Å². The van der Waals surface area contributed by atoms with E-state index in [2.05, 4.69) is 10.3 Å². The lowest BCUT2D eigenvalue weighted by molar-refractivity contribution is -0.384. The molecule has 1 aliphatic heterocycles. The number of nitrogens with one attached hydrogen (secondary N) is 1. The van der Waals surface area contributed by atoms with Gasteiger partial charge in [-0.1, -0.05) is 12.1 Å². The van der Waals surface area contributed by atoms with Gasteiger partial charge in [-0.3, -0.25) is 30.3 Å². The number of nitro benzene ring substituents is 2. The number of thiazole rings is 1. The number of amides is 1. The number of aromatic nitrogens is 1. The predicted octanol–water partition coefficient (Wildman–Crippen LogP) is 4.48. The van der Waals surface area contributed by atoms with E-state index in [0.29, 0.717) is 16.9 Å². The fourth-order valence-electron chi connectivity index (χ4n) is 3.45. The van der Waals surface area contributed by atoms with Crippen molar-refractivity contribution in [3.05, 3.63) is 73.6 Å². The Morgan fingerprint density at radius 3 is 2.55 bits per heavy atom. The van der Waals surface area contributed by atoms with Crippen LogP contribution in [0.3, 0.4) is 0 Å². The Morgan fingerprint density at radius 2 is 1.84 bits per heavy atom. The van der Waals surface area contributed by atoms with Crippen LogP contribution in [0.4, 0.5) is 22.2 Å². The van der Waals surface area contributed by atoms with E-state index in [1.807, 2.05) is 4.90 Å². The molecule has 10 nitrogen and oxygen atoms in total. The number of nitrogens with zero attached hydrogens (tertiary/aromatic N) is 4. The number of hydrogen-bond acceptors (Lipinski definition) is 8. The Hall–Kier alpha value is -3.86. The molecule has 1 N–H and O–H groups in total. The molecule has 1 aliphatic rings. The summed E-state index contributed by atoms with van der Waals surface area (Å²) in [4.78, 5) is 40.4. The van der Waals surface area contributed by atoms with Crippen molar-refractivity contribution < 1.29 is 14.6 Å². The van der Waals surface area contributed by atoms with E-state index < -0.39 is 15.8 Å². The summed E-state index contributed by atoms with van der Waals surface area (Å²) in [6, 6.07) is 10.5. The minimum absolute atomic E-state index is 0.0542. The second-order valence-electron chi connectivity index (χ2n) is 6.95. The number of nitro groups is 2. The summed E-state index contributed by atoms with van der Waals surface area (Å²) in [5.74, 6) is -0.518.